The number of hydrogen-bond donors (Lipinski definition) is 3. The molecular formula is C109H182N2O27S2. The second kappa shape index (κ2) is 49.2. The number of thiol groups is 1. The molecule has 4 saturated heterocycles. The summed E-state index contributed by atoms with van der Waals surface area (Å²) in [4.78, 5) is 143. The van der Waals surface area contributed by atoms with Crippen molar-refractivity contribution >= 4 is 94.3 Å². The molecule has 4 heterocycles. The molecule has 14 aliphatic rings. The van der Waals surface area contributed by atoms with Gasteiger partial charge in [-0.25, -0.2) is 13.1 Å². The van der Waals surface area contributed by atoms with Crippen molar-refractivity contribution in [1.29, 1.82) is 5.26 Å². The van der Waals surface area contributed by atoms with Crippen LogP contribution in [-0.4, -0.2) is 182 Å². The molecule has 0 spiro atoms. The topological polar surface area (TPSA) is 406 Å². The van der Waals surface area contributed by atoms with Crippen molar-refractivity contribution < 1.29 is 128 Å². The number of nitriles is 1. The van der Waals surface area contributed by atoms with E-state index in [4.69, 9.17) is 56.8 Å². The van der Waals surface area contributed by atoms with Gasteiger partial charge >= 0.3 is 71.6 Å². The third-order valence-corrected chi connectivity index (χ3v) is 36.7. The number of nitrogens with one attached hydrogen (secondary N) is 1. The summed E-state index contributed by atoms with van der Waals surface area (Å²) < 4.78 is 91.1. The van der Waals surface area contributed by atoms with E-state index in [2.05, 4.69) is 58.0 Å². The maximum absolute atomic E-state index is 12.5. The Bertz CT molecular complexity index is 4380. The van der Waals surface area contributed by atoms with Gasteiger partial charge in [0.2, 0.25) is 10.0 Å². The van der Waals surface area contributed by atoms with Gasteiger partial charge in [0.05, 0.1) is 80.5 Å². The van der Waals surface area contributed by atoms with Crippen LogP contribution >= 0.6 is 12.6 Å². The highest BCUT2D eigenvalue weighted by Crippen LogP contribution is 2.63. The van der Waals surface area contributed by atoms with E-state index in [0.717, 1.165) is 141 Å². The maximum Gasteiger partial charge on any atom is 0.327 e. The van der Waals surface area contributed by atoms with Crippen LogP contribution in [0.3, 0.4) is 0 Å². The summed E-state index contributed by atoms with van der Waals surface area (Å²) in [5.74, 6) is 0.172. The Hall–Kier alpha value is -6.65. The van der Waals surface area contributed by atoms with Gasteiger partial charge in [-0.05, 0) is 307 Å². The predicted molar refractivity (Wildman–Crippen MR) is 534 cm³/mol. The van der Waals surface area contributed by atoms with Gasteiger partial charge in [0.1, 0.15) is 71.7 Å². The fourth-order valence-corrected chi connectivity index (χ4v) is 22.0. The fourth-order valence-electron chi connectivity index (χ4n) is 21.0. The molecule has 0 aromatic carbocycles. The van der Waals surface area contributed by atoms with Crippen LogP contribution in [0.1, 0.15) is 406 Å². The minimum atomic E-state index is -3.31. The summed E-state index contributed by atoms with van der Waals surface area (Å²) in [6.07, 6.45) is 28.7. The molecule has 14 rings (SSSR count). The van der Waals surface area contributed by atoms with E-state index < -0.39 is 60.0 Å². The number of aliphatic hydroxyl groups is 1. The van der Waals surface area contributed by atoms with E-state index in [1.54, 1.807) is 13.8 Å². The zero-order valence-electron chi connectivity index (χ0n) is 89.8. The quantitative estimate of drug-likeness (QED) is 0.0312. The zero-order chi connectivity index (χ0) is 105. The molecule has 0 aromatic heterocycles. The van der Waals surface area contributed by atoms with Crippen molar-refractivity contribution in [2.45, 2.75) is 471 Å². The molecule has 31 heteroatoms. The summed E-state index contributed by atoms with van der Waals surface area (Å²) in [5.41, 5.74) is -6.08. The molecule has 19 unspecified atom stereocenters. The standard InChI is InChI=1S/C15H19NO4.C14H27NO4S.C14H20O5.C14H20O4.C14H26O2S.C14H26O2.C13H24O2.C10H16O4.CH4/c1-4-14(2,3)12(17)19-10-8-5-9-11(10)20-13(18)15(9,6-8)7-16;1-5-13(3,11-15-20(4,17)18)12(16)19-14(6-2)9-7-8-10-14;1-3-14(2,6-15)13(17)19-10-7-4-8-9(5-7)12(16)18-11(8)10;1-4-14(2,3)13(16)18-10-7-5-8-9(6-7)12(15)17-11(8)10;1-5-13(4,10-17)12(15)16-14(11(2)3)8-6-7-9-14;1-6-13(4,5)12(15)16-14(11(2)3)9-7-8-10-14;1-5-12(3,4)11(14)15-13(6-2)9-7-8-10-13;1-4-10(2,3)9(12)14-7-5-8(11)13-6-7;/h8-11H,4-6H2,1-3H3;15H,5-11H2,1-4H3;7-11,15H,3-6H2,1-2H3;7-11H,4-6H2,1-3H3;11,17H,5-10H2,1-4H3;11H,6-10H2,1-5H3;5-10H2,1-4H3;7H,4-6H2,1-3H3;1H4. The summed E-state index contributed by atoms with van der Waals surface area (Å²) in [7, 11) is -3.31. The molecule has 29 nitrogen and oxygen atoms in total. The number of carbonyl (C=O) groups excluding carboxylic acids is 12. The number of sulfonamides is 1. The van der Waals surface area contributed by atoms with Gasteiger partial charge < -0.3 is 61.9 Å². The Morgan fingerprint density at radius 2 is 0.807 bits per heavy atom. The van der Waals surface area contributed by atoms with Crippen molar-refractivity contribution in [3.8, 4) is 6.07 Å². The van der Waals surface area contributed by atoms with Gasteiger partial charge in [-0.3, -0.25) is 57.5 Å². The van der Waals surface area contributed by atoms with Gasteiger partial charge in [0.15, 0.2) is 5.41 Å². The Morgan fingerprint density at radius 1 is 0.457 bits per heavy atom. The number of hydrogen-bond acceptors (Lipinski definition) is 29. The van der Waals surface area contributed by atoms with Gasteiger partial charge in [-0.2, -0.15) is 17.9 Å². The number of carbonyl (C=O) groups is 12. The van der Waals surface area contributed by atoms with Gasteiger partial charge in [0, 0.05) is 47.8 Å². The smallest absolute Gasteiger partial charge is 0.327 e. The zero-order valence-corrected chi connectivity index (χ0v) is 91.6. The molecule has 19 atom stereocenters. The average Bonchev–Trinajstić information content (AvgIpc) is 1.07. The van der Waals surface area contributed by atoms with E-state index in [0.29, 0.717) is 61.5 Å². The molecule has 10 saturated carbocycles. The monoisotopic (exact) mass is 2020 g/mol. The number of fused-ring (bicyclic) bond motifs is 3. The van der Waals surface area contributed by atoms with Crippen LogP contribution in [0, 0.1) is 119 Å². The Labute approximate surface area is 844 Å². The average molecular weight is 2020 g/mol. The van der Waals surface area contributed by atoms with Crippen LogP contribution in [-0.2, 0) is 124 Å². The lowest BCUT2D eigenvalue weighted by molar-refractivity contribution is -0.176. The number of nitrogens with zero attached hydrogens (tertiary/aromatic N) is 1. The highest BCUT2D eigenvalue weighted by Gasteiger charge is 2.73. The summed E-state index contributed by atoms with van der Waals surface area (Å²) in [5, 5.41) is 18.7. The molecule has 14 fully saturated rings. The van der Waals surface area contributed by atoms with Crippen molar-refractivity contribution in [1.82, 2.24) is 4.72 Å². The van der Waals surface area contributed by atoms with E-state index >= 15 is 0 Å². The summed E-state index contributed by atoms with van der Waals surface area (Å²) in [6, 6.07) is 2.15. The third-order valence-electron chi connectivity index (χ3n) is 35.4. The van der Waals surface area contributed by atoms with Crippen molar-refractivity contribution in [2.24, 2.45) is 108 Å². The lowest BCUT2D eigenvalue weighted by Crippen LogP contribution is -2.45. The molecule has 0 radical (unpaired) electrons. The Morgan fingerprint density at radius 3 is 1.15 bits per heavy atom. The third kappa shape index (κ3) is 28.2. The van der Waals surface area contributed by atoms with Crippen LogP contribution in [0.5, 0.6) is 0 Å². The summed E-state index contributed by atoms with van der Waals surface area (Å²) in [6.45, 7) is 53.0. The Balaban J connectivity index is 0.000000246. The minimum absolute atomic E-state index is 0. The predicted octanol–water partition coefficient (Wildman–Crippen LogP) is 20.2. The first-order chi connectivity index (χ1) is 64.6. The molecule has 10 aliphatic carbocycles. The van der Waals surface area contributed by atoms with Crippen LogP contribution in [0.2, 0.25) is 0 Å². The van der Waals surface area contributed by atoms with Crippen LogP contribution in [0.4, 0.5) is 0 Å². The van der Waals surface area contributed by atoms with Crippen LogP contribution in [0.15, 0.2) is 0 Å². The number of esters is 12. The molecule has 4 aliphatic heterocycles. The SMILES string of the molecule is C.CCC(C)(C)C(=O)OC1(C(C)C)CCCC1.CCC(C)(C)C(=O)OC1C2CC3C(=O)OC1C3C2.CCC(C)(C)C(=O)OC1C2CC3C1OC(=O)C3(C#N)C2.CCC(C)(C)C(=O)OC1COC(=O)C1.CCC(C)(CO)C(=O)OC1C2CC3C(=O)OC1C3C2.CCC(C)(CS)C(=O)OC1(C(C)C)CCCC1.CCC1(OC(=O)C(C)(C)CC)CCCC1.CCC1(OC(=O)C(C)(CC)CNS(C)(=O)=O)CCCC1. The number of rotatable bonds is 33. The molecule has 0 amide bonds. The van der Waals surface area contributed by atoms with E-state index in [-0.39, 0.29) is 205 Å². The van der Waals surface area contributed by atoms with Crippen LogP contribution in [0.25, 0.3) is 0 Å². The lowest BCUT2D eigenvalue weighted by atomic mass is 9.74. The first kappa shape index (κ1) is 122. The second-order valence-corrected chi connectivity index (χ2v) is 49.5. The number of aliphatic hydroxyl groups excluding tert-OH is 1. The first-order valence-corrected chi connectivity index (χ1v) is 55.3. The molecule has 6 bridgehead atoms. The van der Waals surface area contributed by atoms with Crippen molar-refractivity contribution in [2.75, 3.05) is 31.8 Å². The second-order valence-electron chi connectivity index (χ2n) is 47.3. The fraction of sp³-hybridized carbons (Fsp3) is 0.881. The Kier molecular flexibility index (Phi) is 42.9. The van der Waals surface area contributed by atoms with Crippen molar-refractivity contribution in [3.63, 3.8) is 0 Å². The normalized spacial score (nSPS) is 29.4. The van der Waals surface area contributed by atoms with Gasteiger partial charge in [-0.1, -0.05) is 104 Å². The van der Waals surface area contributed by atoms with E-state index in [1.807, 2.05) is 138 Å². The van der Waals surface area contributed by atoms with Gasteiger partial charge in [-0.15, -0.1) is 0 Å². The maximum atomic E-state index is 12.5. The minimum Gasteiger partial charge on any atom is -0.462 e. The van der Waals surface area contributed by atoms with E-state index in [1.165, 1.54) is 38.5 Å². The van der Waals surface area contributed by atoms with Gasteiger partial charge in [0.25, 0.3) is 0 Å². The number of ether oxygens (including phenoxy) is 12. The lowest BCUT2D eigenvalue weighted by Gasteiger charge is -2.37. The van der Waals surface area contributed by atoms with Crippen molar-refractivity contribution in [3.05, 3.63) is 0 Å². The molecule has 802 valence electrons. The molecule has 2 N–H and O–H groups in total. The largest absolute Gasteiger partial charge is 0.462 e. The van der Waals surface area contributed by atoms with E-state index in [9.17, 15) is 76.3 Å². The molecular weight excluding hydrogens is 1830 g/mol. The first-order valence-electron chi connectivity index (χ1n) is 52.7. The number of cyclic esters (lactones) is 1. The summed E-state index contributed by atoms with van der Waals surface area (Å²) >= 11 is 4.30. The highest BCUT2D eigenvalue weighted by molar-refractivity contribution is 7.88. The highest BCUT2D eigenvalue weighted by atomic mass is 32.2. The van der Waals surface area contributed by atoms with Crippen LogP contribution < -0.4 is 4.72 Å². The molecule has 0 aromatic rings. The molecule has 140 heavy (non-hydrogen) atoms.